The summed E-state index contributed by atoms with van der Waals surface area (Å²) in [5, 5.41) is 8.05. The lowest BCUT2D eigenvalue weighted by Crippen LogP contribution is -2.14. The Kier molecular flexibility index (Phi) is 5.99. The molecule has 38 heavy (non-hydrogen) atoms. The van der Waals surface area contributed by atoms with Crippen LogP contribution in [0.15, 0.2) is 102 Å². The first-order chi connectivity index (χ1) is 18.6. The molecule has 0 aliphatic rings. The summed E-state index contributed by atoms with van der Waals surface area (Å²) in [5.41, 5.74) is 10.6. The van der Waals surface area contributed by atoms with Crippen LogP contribution in [0.4, 0.5) is 21.6 Å². The molecule has 0 aliphatic heterocycles. The molecule has 186 valence electrons. The number of nitrogens with one attached hydrogen (secondary N) is 2. The van der Waals surface area contributed by atoms with Gasteiger partial charge in [-0.1, -0.05) is 36.4 Å². The zero-order chi connectivity index (χ0) is 26.1. The van der Waals surface area contributed by atoms with Crippen LogP contribution in [0, 0.1) is 5.82 Å². The molecule has 4 N–H and O–H groups in total. The molecule has 8 heteroatoms. The fourth-order valence-corrected chi connectivity index (χ4v) is 4.37. The van der Waals surface area contributed by atoms with E-state index in [0.29, 0.717) is 17.1 Å². The van der Waals surface area contributed by atoms with Gasteiger partial charge in [0.15, 0.2) is 0 Å². The summed E-state index contributed by atoms with van der Waals surface area (Å²) in [7, 11) is 0. The van der Waals surface area contributed by atoms with Gasteiger partial charge in [-0.3, -0.25) is 4.79 Å². The van der Waals surface area contributed by atoms with Crippen LogP contribution in [-0.2, 0) is 6.54 Å². The van der Waals surface area contributed by atoms with Gasteiger partial charge >= 0.3 is 0 Å². The van der Waals surface area contributed by atoms with Gasteiger partial charge in [0.1, 0.15) is 29.1 Å². The molecule has 0 radical (unpaired) electrons. The molecule has 0 unspecified atom stereocenters. The van der Waals surface area contributed by atoms with Crippen molar-refractivity contribution in [1.29, 1.82) is 0 Å². The molecule has 0 atom stereocenters. The van der Waals surface area contributed by atoms with E-state index in [0.717, 1.165) is 38.9 Å². The highest BCUT2D eigenvalue weighted by Gasteiger charge is 2.14. The van der Waals surface area contributed by atoms with Crippen LogP contribution in [-0.4, -0.2) is 15.9 Å². The normalized spacial score (nSPS) is 11.1. The van der Waals surface area contributed by atoms with Crippen LogP contribution in [0.3, 0.4) is 0 Å². The number of halogens is 1. The number of nitrogens with zero attached hydrogens (tertiary/aromatic N) is 2. The highest BCUT2D eigenvalue weighted by atomic mass is 19.1. The van der Waals surface area contributed by atoms with Crippen LogP contribution in [0.1, 0.15) is 15.9 Å². The minimum Gasteiger partial charge on any atom is -0.455 e. The fraction of sp³-hybridized carbons (Fsp3) is 0.0333. The van der Waals surface area contributed by atoms with E-state index in [9.17, 15) is 9.18 Å². The summed E-state index contributed by atoms with van der Waals surface area (Å²) in [5.74, 6) is -0.546. The molecule has 0 bridgehead atoms. The monoisotopic (exact) mass is 503 g/mol. The summed E-state index contributed by atoms with van der Waals surface area (Å²) in [6, 6.07) is 27.2. The predicted octanol–water partition coefficient (Wildman–Crippen LogP) is 6.64. The summed E-state index contributed by atoms with van der Waals surface area (Å²) in [6.07, 6.45) is 1.50. The van der Waals surface area contributed by atoms with Gasteiger partial charge in [-0.2, -0.15) is 0 Å². The first-order valence-electron chi connectivity index (χ1n) is 12.0. The van der Waals surface area contributed by atoms with Gasteiger partial charge in [-0.05, 0) is 54.1 Å². The summed E-state index contributed by atoms with van der Waals surface area (Å²) >= 11 is 0. The summed E-state index contributed by atoms with van der Waals surface area (Å²) in [6.45, 7) is 0.205. The number of benzene rings is 4. The van der Waals surface area contributed by atoms with E-state index >= 15 is 0 Å². The lowest BCUT2D eigenvalue weighted by atomic mass is 10.1. The maximum absolute atomic E-state index is 14.2. The molecule has 2 aromatic heterocycles. The van der Waals surface area contributed by atoms with Crippen molar-refractivity contribution in [3.8, 4) is 11.3 Å². The van der Waals surface area contributed by atoms with Crippen molar-refractivity contribution in [3.63, 3.8) is 0 Å². The molecular formula is C30H22FN5O2. The highest BCUT2D eigenvalue weighted by Crippen LogP contribution is 2.35. The van der Waals surface area contributed by atoms with E-state index in [2.05, 4.69) is 20.6 Å². The number of anilines is 3. The van der Waals surface area contributed by atoms with E-state index in [1.54, 1.807) is 30.3 Å². The molecular weight excluding hydrogens is 481 g/mol. The van der Waals surface area contributed by atoms with Gasteiger partial charge in [0.2, 0.25) is 0 Å². The molecule has 0 saturated carbocycles. The number of nitrogens with two attached hydrogens (primary N) is 1. The number of hydrogen-bond acceptors (Lipinski definition) is 6. The number of furan rings is 1. The summed E-state index contributed by atoms with van der Waals surface area (Å²) < 4.78 is 20.4. The molecule has 2 heterocycles. The molecule has 6 aromatic rings. The van der Waals surface area contributed by atoms with E-state index in [4.69, 9.17) is 10.2 Å². The third kappa shape index (κ3) is 4.44. The second kappa shape index (κ2) is 9.76. The summed E-state index contributed by atoms with van der Waals surface area (Å²) in [4.78, 5) is 21.3. The fourth-order valence-electron chi connectivity index (χ4n) is 4.37. The first-order valence-corrected chi connectivity index (χ1v) is 12.0. The number of carbonyl (C=O) groups excluding carboxylic acids is 1. The van der Waals surface area contributed by atoms with E-state index in [1.807, 2.05) is 48.5 Å². The average molecular weight is 504 g/mol. The van der Waals surface area contributed by atoms with Crippen molar-refractivity contribution in [2.45, 2.75) is 6.54 Å². The van der Waals surface area contributed by atoms with Crippen molar-refractivity contribution < 1.29 is 13.6 Å². The van der Waals surface area contributed by atoms with Crippen molar-refractivity contribution in [2.75, 3.05) is 10.6 Å². The maximum Gasteiger partial charge on any atom is 0.258 e. The van der Waals surface area contributed by atoms with Gasteiger partial charge in [-0.25, -0.2) is 14.4 Å². The lowest BCUT2D eigenvalue weighted by Gasteiger charge is -2.10. The smallest absolute Gasteiger partial charge is 0.258 e. The third-order valence-corrected chi connectivity index (χ3v) is 6.28. The first kappa shape index (κ1) is 23.3. The van der Waals surface area contributed by atoms with Gasteiger partial charge in [0.25, 0.3) is 5.91 Å². The Morgan fingerprint density at radius 2 is 1.66 bits per heavy atom. The van der Waals surface area contributed by atoms with Crippen LogP contribution >= 0.6 is 0 Å². The Morgan fingerprint density at radius 3 is 2.47 bits per heavy atom. The van der Waals surface area contributed by atoms with Gasteiger partial charge < -0.3 is 20.8 Å². The Bertz CT molecular complexity index is 1800. The molecule has 0 fully saturated rings. The Hall–Kier alpha value is -5.08. The number of aromatic nitrogens is 2. The standard InChI is InChI=1S/C30H22FN5O2/c31-25-14-18(16-32)8-13-23(25)30(37)36-20-11-9-19(10-12-20)35-28-15-26(33-17-34-28)24-6-3-5-22-21-4-1-2-7-27(21)38-29(22)24/h1-15,17H,16,32H2,(H,36,37)(H,33,34,35). The number of amides is 1. The van der Waals surface area contributed by atoms with E-state index < -0.39 is 11.7 Å². The Labute approximate surface area is 217 Å². The molecule has 4 aromatic carbocycles. The van der Waals surface area contributed by atoms with Crippen molar-refractivity contribution in [3.05, 3.63) is 114 Å². The van der Waals surface area contributed by atoms with Crippen LogP contribution < -0.4 is 16.4 Å². The minimum absolute atomic E-state index is 0.0441. The van der Waals surface area contributed by atoms with Crippen molar-refractivity contribution in [1.82, 2.24) is 9.97 Å². The number of carbonyl (C=O) groups is 1. The number of fused-ring (bicyclic) bond motifs is 3. The zero-order valence-corrected chi connectivity index (χ0v) is 20.1. The second-order valence-corrected chi connectivity index (χ2v) is 8.74. The molecule has 0 saturated heterocycles. The maximum atomic E-state index is 14.2. The largest absolute Gasteiger partial charge is 0.455 e. The molecule has 0 aliphatic carbocycles. The average Bonchev–Trinajstić information content (AvgIpc) is 3.33. The van der Waals surface area contributed by atoms with Gasteiger partial charge in [-0.15, -0.1) is 0 Å². The van der Waals surface area contributed by atoms with Crippen LogP contribution in [0.2, 0.25) is 0 Å². The van der Waals surface area contributed by atoms with Gasteiger partial charge in [0.05, 0.1) is 11.3 Å². The number of para-hydroxylation sites is 2. The van der Waals surface area contributed by atoms with Crippen molar-refractivity contribution >= 4 is 45.0 Å². The minimum atomic E-state index is -0.610. The predicted molar refractivity (Wildman–Crippen MR) is 147 cm³/mol. The quantitative estimate of drug-likeness (QED) is 0.235. The Morgan fingerprint density at radius 1 is 0.868 bits per heavy atom. The second-order valence-electron chi connectivity index (χ2n) is 8.74. The molecule has 1 amide bonds. The zero-order valence-electron chi connectivity index (χ0n) is 20.1. The number of rotatable bonds is 6. The van der Waals surface area contributed by atoms with E-state index in [1.165, 1.54) is 18.5 Å². The topological polar surface area (TPSA) is 106 Å². The number of hydrogen-bond donors (Lipinski definition) is 3. The molecule has 0 spiro atoms. The van der Waals surface area contributed by atoms with Gasteiger partial charge in [0, 0.05) is 40.3 Å². The SMILES string of the molecule is NCc1ccc(C(=O)Nc2ccc(Nc3cc(-c4cccc5c4oc4ccccc45)ncn3)cc2)c(F)c1. The highest BCUT2D eigenvalue weighted by molar-refractivity contribution is 6.09. The van der Waals surface area contributed by atoms with Crippen molar-refractivity contribution in [2.24, 2.45) is 5.73 Å². The van der Waals surface area contributed by atoms with Crippen LogP contribution in [0.5, 0.6) is 0 Å². The molecule has 7 nitrogen and oxygen atoms in total. The van der Waals surface area contributed by atoms with Crippen LogP contribution in [0.25, 0.3) is 33.2 Å². The lowest BCUT2D eigenvalue weighted by molar-refractivity contribution is 0.102. The third-order valence-electron chi connectivity index (χ3n) is 6.28. The Balaban J connectivity index is 1.20. The van der Waals surface area contributed by atoms with E-state index in [-0.39, 0.29) is 12.1 Å². The molecule has 6 rings (SSSR count).